The number of nitrogens with zero attached hydrogens (tertiary/aromatic N) is 1. The van der Waals surface area contributed by atoms with E-state index in [1.807, 2.05) is 38.1 Å². The molecule has 2 N–H and O–H groups in total. The minimum atomic E-state index is -0.310. The normalized spacial score (nSPS) is 15.8. The summed E-state index contributed by atoms with van der Waals surface area (Å²) in [5.41, 5.74) is 2.55. The monoisotopic (exact) mass is 343 g/mol. The van der Waals surface area contributed by atoms with Gasteiger partial charge in [-0.25, -0.2) is 4.79 Å². The molecule has 0 saturated heterocycles. The predicted molar refractivity (Wildman–Crippen MR) is 94.5 cm³/mol. The van der Waals surface area contributed by atoms with Gasteiger partial charge in [-0.3, -0.25) is 0 Å². The number of benzene rings is 1. The van der Waals surface area contributed by atoms with Crippen molar-refractivity contribution in [1.29, 1.82) is 0 Å². The predicted octanol–water partition coefficient (Wildman–Crippen LogP) is 3.57. The molecule has 0 unspecified atom stereocenters. The fraction of sp³-hybridized carbons (Fsp3) is 0.474. The molecule has 3 rings (SSSR count). The Morgan fingerprint density at radius 3 is 2.48 bits per heavy atom. The number of nitrogens with one attached hydrogen (secondary N) is 2. The van der Waals surface area contributed by atoms with Crippen molar-refractivity contribution in [3.8, 4) is 5.75 Å². The standard InChI is InChI=1S/C19H25N3O3/c1-13-17(14(2)25-22-13)12-20-18(23)21-19(10-4-5-11-19)15-6-8-16(24-3)9-7-15/h6-9H,4-5,10-12H2,1-3H3,(H2,20,21,23). The molecule has 1 heterocycles. The van der Waals surface area contributed by atoms with Crippen LogP contribution in [0.2, 0.25) is 0 Å². The summed E-state index contributed by atoms with van der Waals surface area (Å²) in [5, 5.41) is 10.1. The third-order valence-electron chi connectivity index (χ3n) is 5.06. The first kappa shape index (κ1) is 17.3. The van der Waals surface area contributed by atoms with Gasteiger partial charge in [-0.05, 0) is 44.4 Å². The summed E-state index contributed by atoms with van der Waals surface area (Å²) < 4.78 is 10.4. The van der Waals surface area contributed by atoms with Crippen molar-refractivity contribution in [2.75, 3.05) is 7.11 Å². The van der Waals surface area contributed by atoms with Gasteiger partial charge in [-0.1, -0.05) is 30.1 Å². The van der Waals surface area contributed by atoms with Crippen molar-refractivity contribution < 1.29 is 14.1 Å². The van der Waals surface area contributed by atoms with Gasteiger partial charge in [0.25, 0.3) is 0 Å². The minimum absolute atomic E-state index is 0.169. The van der Waals surface area contributed by atoms with Crippen LogP contribution in [0, 0.1) is 13.8 Å². The Labute approximate surface area is 147 Å². The molecule has 0 aliphatic heterocycles. The first-order valence-corrected chi connectivity index (χ1v) is 8.66. The molecule has 0 radical (unpaired) electrons. The van der Waals surface area contributed by atoms with Gasteiger partial charge in [0, 0.05) is 12.1 Å². The average molecular weight is 343 g/mol. The molecule has 25 heavy (non-hydrogen) atoms. The van der Waals surface area contributed by atoms with Crippen molar-refractivity contribution in [2.45, 2.75) is 51.6 Å². The van der Waals surface area contributed by atoms with E-state index >= 15 is 0 Å². The van der Waals surface area contributed by atoms with Gasteiger partial charge in [-0.2, -0.15) is 0 Å². The number of methoxy groups -OCH3 is 1. The van der Waals surface area contributed by atoms with Crippen LogP contribution >= 0.6 is 0 Å². The van der Waals surface area contributed by atoms with E-state index in [2.05, 4.69) is 15.8 Å². The summed E-state index contributed by atoms with van der Waals surface area (Å²) in [5.74, 6) is 1.56. The van der Waals surface area contributed by atoms with Crippen molar-refractivity contribution >= 4 is 6.03 Å². The Hall–Kier alpha value is -2.50. The molecule has 6 heteroatoms. The molecule has 134 valence electrons. The lowest BCUT2D eigenvalue weighted by Crippen LogP contribution is -2.48. The summed E-state index contributed by atoms with van der Waals surface area (Å²) in [6.07, 6.45) is 4.10. The highest BCUT2D eigenvalue weighted by atomic mass is 16.5. The fourth-order valence-electron chi connectivity index (χ4n) is 3.56. The first-order chi connectivity index (χ1) is 12.0. The minimum Gasteiger partial charge on any atom is -0.497 e. The van der Waals surface area contributed by atoms with Gasteiger partial charge in [0.05, 0.1) is 18.3 Å². The molecule has 1 aromatic carbocycles. The third-order valence-corrected chi connectivity index (χ3v) is 5.06. The Kier molecular flexibility index (Phi) is 4.97. The Morgan fingerprint density at radius 2 is 1.92 bits per heavy atom. The van der Waals surface area contributed by atoms with Crippen molar-refractivity contribution in [1.82, 2.24) is 15.8 Å². The molecule has 6 nitrogen and oxygen atoms in total. The summed E-state index contributed by atoms with van der Waals surface area (Å²) in [6.45, 7) is 4.14. The molecule has 1 aromatic heterocycles. The van der Waals surface area contributed by atoms with Gasteiger partial charge in [0.15, 0.2) is 0 Å². The molecule has 1 aliphatic carbocycles. The lowest BCUT2D eigenvalue weighted by atomic mass is 9.88. The molecule has 1 saturated carbocycles. The maximum atomic E-state index is 12.5. The highest BCUT2D eigenvalue weighted by Gasteiger charge is 2.37. The van der Waals surface area contributed by atoms with Crippen LogP contribution < -0.4 is 15.4 Å². The van der Waals surface area contributed by atoms with E-state index in [1.54, 1.807) is 7.11 Å². The third kappa shape index (κ3) is 3.62. The molecular formula is C19H25N3O3. The number of hydrogen-bond acceptors (Lipinski definition) is 4. The second-order valence-corrected chi connectivity index (χ2v) is 6.63. The van der Waals surface area contributed by atoms with Gasteiger partial charge in [0.1, 0.15) is 11.5 Å². The van der Waals surface area contributed by atoms with Crippen LogP contribution in [0.1, 0.15) is 48.3 Å². The van der Waals surface area contributed by atoms with Gasteiger partial charge < -0.3 is 19.9 Å². The Morgan fingerprint density at radius 1 is 1.24 bits per heavy atom. The maximum absolute atomic E-state index is 12.5. The second kappa shape index (κ2) is 7.17. The average Bonchev–Trinajstić information content (AvgIpc) is 3.21. The largest absolute Gasteiger partial charge is 0.497 e. The van der Waals surface area contributed by atoms with E-state index in [1.165, 1.54) is 0 Å². The van der Waals surface area contributed by atoms with Crippen LogP contribution in [0.15, 0.2) is 28.8 Å². The van der Waals surface area contributed by atoms with E-state index in [0.717, 1.165) is 54.0 Å². The van der Waals surface area contributed by atoms with Gasteiger partial charge in [-0.15, -0.1) is 0 Å². The number of aryl methyl sites for hydroxylation is 2. The van der Waals surface area contributed by atoms with E-state index in [9.17, 15) is 4.79 Å². The second-order valence-electron chi connectivity index (χ2n) is 6.63. The summed E-state index contributed by atoms with van der Waals surface area (Å²) >= 11 is 0. The number of carbonyl (C=O) groups is 1. The quantitative estimate of drug-likeness (QED) is 0.870. The lowest BCUT2D eigenvalue weighted by molar-refractivity contribution is 0.224. The zero-order chi connectivity index (χ0) is 17.9. The molecule has 0 atom stereocenters. The van der Waals surface area contributed by atoms with Crippen LogP contribution in [0.5, 0.6) is 5.75 Å². The zero-order valence-electron chi connectivity index (χ0n) is 15.0. The van der Waals surface area contributed by atoms with Crippen LogP contribution in [0.4, 0.5) is 4.79 Å². The number of urea groups is 1. The molecule has 0 spiro atoms. The van der Waals surface area contributed by atoms with E-state index in [-0.39, 0.29) is 11.6 Å². The van der Waals surface area contributed by atoms with Gasteiger partial charge in [0.2, 0.25) is 0 Å². The van der Waals surface area contributed by atoms with E-state index < -0.39 is 0 Å². The number of amides is 2. The van der Waals surface area contributed by atoms with Crippen molar-refractivity contribution in [3.05, 3.63) is 46.8 Å². The Balaban J connectivity index is 1.69. The summed E-state index contributed by atoms with van der Waals surface area (Å²) in [4.78, 5) is 12.5. The topological polar surface area (TPSA) is 76.4 Å². The smallest absolute Gasteiger partial charge is 0.315 e. The molecular weight excluding hydrogens is 318 g/mol. The van der Waals surface area contributed by atoms with E-state index in [0.29, 0.717) is 6.54 Å². The number of hydrogen-bond donors (Lipinski definition) is 2. The summed E-state index contributed by atoms with van der Waals surface area (Å²) in [6, 6.07) is 7.80. The molecule has 0 bridgehead atoms. The maximum Gasteiger partial charge on any atom is 0.315 e. The lowest BCUT2D eigenvalue weighted by Gasteiger charge is -2.31. The number of aromatic nitrogens is 1. The SMILES string of the molecule is COc1ccc(C2(NC(=O)NCc3c(C)noc3C)CCCC2)cc1. The highest BCUT2D eigenvalue weighted by molar-refractivity contribution is 5.75. The van der Waals surface area contributed by atoms with Crippen LogP contribution in [-0.2, 0) is 12.1 Å². The van der Waals surface area contributed by atoms with Crippen molar-refractivity contribution in [3.63, 3.8) is 0 Å². The number of ether oxygens (including phenoxy) is 1. The van der Waals surface area contributed by atoms with Gasteiger partial charge >= 0.3 is 6.03 Å². The summed E-state index contributed by atoms with van der Waals surface area (Å²) in [7, 11) is 1.65. The van der Waals surface area contributed by atoms with E-state index in [4.69, 9.17) is 9.26 Å². The molecule has 2 amide bonds. The zero-order valence-corrected chi connectivity index (χ0v) is 15.0. The number of carbonyl (C=O) groups excluding carboxylic acids is 1. The van der Waals surface area contributed by atoms with Crippen LogP contribution in [-0.4, -0.2) is 18.3 Å². The highest BCUT2D eigenvalue weighted by Crippen LogP contribution is 2.39. The van der Waals surface area contributed by atoms with Crippen molar-refractivity contribution in [2.24, 2.45) is 0 Å². The fourth-order valence-corrected chi connectivity index (χ4v) is 3.56. The first-order valence-electron chi connectivity index (χ1n) is 8.66. The Bertz CT molecular complexity index is 711. The van der Waals surface area contributed by atoms with Crippen LogP contribution in [0.25, 0.3) is 0 Å². The molecule has 1 aliphatic rings. The number of rotatable bonds is 5. The van der Waals surface area contributed by atoms with Crippen LogP contribution in [0.3, 0.4) is 0 Å². The molecule has 1 fully saturated rings. The molecule has 2 aromatic rings.